The molecule has 1 aliphatic rings. The second-order valence-electron chi connectivity index (χ2n) is 4.91. The maximum absolute atomic E-state index is 5.51. The molecule has 4 heteroatoms. The van der Waals surface area contributed by atoms with E-state index in [1.807, 2.05) is 0 Å². The van der Waals surface area contributed by atoms with Crippen molar-refractivity contribution in [3.05, 3.63) is 18.1 Å². The fourth-order valence-electron chi connectivity index (χ4n) is 2.17. The molecule has 1 fully saturated rings. The number of hydrogen-bond donors (Lipinski definition) is 1. The number of piperidine rings is 1. The minimum Gasteiger partial charge on any atom is -0.382 e. The predicted octanol–water partition coefficient (Wildman–Crippen LogP) is 1.54. The Kier molecular flexibility index (Phi) is 3.39. The zero-order valence-electron chi connectivity index (χ0n) is 10.1. The average Bonchev–Trinajstić information content (AvgIpc) is 2.27. The SMILES string of the molecule is CC1CCN(Cc2cnc(N)cn2)CC1C. The van der Waals surface area contributed by atoms with E-state index in [2.05, 4.69) is 28.7 Å². The van der Waals surface area contributed by atoms with Crippen molar-refractivity contribution in [3.63, 3.8) is 0 Å². The smallest absolute Gasteiger partial charge is 0.141 e. The second kappa shape index (κ2) is 4.78. The van der Waals surface area contributed by atoms with Gasteiger partial charge in [-0.15, -0.1) is 0 Å². The van der Waals surface area contributed by atoms with E-state index >= 15 is 0 Å². The van der Waals surface area contributed by atoms with Gasteiger partial charge in [0.25, 0.3) is 0 Å². The molecule has 0 radical (unpaired) electrons. The maximum Gasteiger partial charge on any atom is 0.141 e. The van der Waals surface area contributed by atoms with E-state index in [0.717, 1.165) is 37.2 Å². The summed E-state index contributed by atoms with van der Waals surface area (Å²) in [5, 5.41) is 0. The van der Waals surface area contributed by atoms with E-state index in [1.165, 1.54) is 6.42 Å². The summed E-state index contributed by atoms with van der Waals surface area (Å²) >= 11 is 0. The van der Waals surface area contributed by atoms with Gasteiger partial charge in [0.05, 0.1) is 18.1 Å². The van der Waals surface area contributed by atoms with Crippen LogP contribution in [-0.4, -0.2) is 28.0 Å². The Bertz CT molecular complexity index is 335. The van der Waals surface area contributed by atoms with Gasteiger partial charge in [0.2, 0.25) is 0 Å². The van der Waals surface area contributed by atoms with E-state index in [4.69, 9.17) is 5.73 Å². The molecule has 1 aromatic heterocycles. The fraction of sp³-hybridized carbons (Fsp3) is 0.667. The van der Waals surface area contributed by atoms with Crippen LogP contribution in [0.4, 0.5) is 5.82 Å². The third kappa shape index (κ3) is 2.70. The van der Waals surface area contributed by atoms with Gasteiger partial charge in [0.1, 0.15) is 5.82 Å². The second-order valence-corrected chi connectivity index (χ2v) is 4.91. The van der Waals surface area contributed by atoms with Gasteiger partial charge in [-0.2, -0.15) is 0 Å². The molecule has 88 valence electrons. The minimum absolute atomic E-state index is 0.490. The first-order valence-corrected chi connectivity index (χ1v) is 5.94. The van der Waals surface area contributed by atoms with Gasteiger partial charge in [0.15, 0.2) is 0 Å². The molecule has 0 amide bonds. The number of nitrogen functional groups attached to an aromatic ring is 1. The Morgan fingerprint density at radius 2 is 2.12 bits per heavy atom. The van der Waals surface area contributed by atoms with Crippen LogP contribution in [0.3, 0.4) is 0 Å². The van der Waals surface area contributed by atoms with Gasteiger partial charge in [0, 0.05) is 13.1 Å². The molecule has 1 saturated heterocycles. The zero-order chi connectivity index (χ0) is 11.5. The molecule has 4 nitrogen and oxygen atoms in total. The lowest BCUT2D eigenvalue weighted by atomic mass is 9.89. The number of aromatic nitrogens is 2. The number of rotatable bonds is 2. The molecule has 0 bridgehead atoms. The summed E-state index contributed by atoms with van der Waals surface area (Å²) in [6.07, 6.45) is 4.69. The Morgan fingerprint density at radius 1 is 1.31 bits per heavy atom. The molecule has 0 aliphatic carbocycles. The molecular weight excluding hydrogens is 200 g/mol. The minimum atomic E-state index is 0.490. The summed E-state index contributed by atoms with van der Waals surface area (Å²) in [6, 6.07) is 0. The summed E-state index contributed by atoms with van der Waals surface area (Å²) in [4.78, 5) is 10.8. The topological polar surface area (TPSA) is 55.0 Å². The third-order valence-electron chi connectivity index (χ3n) is 3.53. The average molecular weight is 220 g/mol. The van der Waals surface area contributed by atoms with E-state index in [1.54, 1.807) is 12.4 Å². The summed E-state index contributed by atoms with van der Waals surface area (Å²) in [5.74, 6) is 2.11. The number of hydrogen-bond acceptors (Lipinski definition) is 4. The third-order valence-corrected chi connectivity index (χ3v) is 3.53. The quantitative estimate of drug-likeness (QED) is 0.821. The highest BCUT2D eigenvalue weighted by Gasteiger charge is 2.22. The predicted molar refractivity (Wildman–Crippen MR) is 64.7 cm³/mol. The van der Waals surface area contributed by atoms with Crippen LogP contribution >= 0.6 is 0 Å². The van der Waals surface area contributed by atoms with Gasteiger partial charge in [-0.3, -0.25) is 9.88 Å². The number of nitrogens with two attached hydrogens (primary N) is 1. The van der Waals surface area contributed by atoms with Crippen molar-refractivity contribution < 1.29 is 0 Å². The lowest BCUT2D eigenvalue weighted by Crippen LogP contribution is -2.38. The van der Waals surface area contributed by atoms with Crippen molar-refractivity contribution in [3.8, 4) is 0 Å². The van der Waals surface area contributed by atoms with Gasteiger partial charge < -0.3 is 5.73 Å². The van der Waals surface area contributed by atoms with Crippen molar-refractivity contribution in [2.45, 2.75) is 26.8 Å². The van der Waals surface area contributed by atoms with Crippen LogP contribution in [-0.2, 0) is 6.54 Å². The van der Waals surface area contributed by atoms with Crippen molar-refractivity contribution in [1.29, 1.82) is 0 Å². The molecule has 2 unspecified atom stereocenters. The summed E-state index contributed by atoms with van der Waals surface area (Å²) in [6.45, 7) is 7.88. The van der Waals surface area contributed by atoms with Gasteiger partial charge in [-0.05, 0) is 24.8 Å². The lowest BCUT2D eigenvalue weighted by Gasteiger charge is -2.34. The highest BCUT2D eigenvalue weighted by atomic mass is 15.1. The highest BCUT2D eigenvalue weighted by molar-refractivity contribution is 5.22. The van der Waals surface area contributed by atoms with Crippen molar-refractivity contribution in [2.75, 3.05) is 18.8 Å². The Hall–Kier alpha value is -1.16. The summed E-state index contributed by atoms with van der Waals surface area (Å²) in [7, 11) is 0. The van der Waals surface area contributed by atoms with Crippen LogP contribution < -0.4 is 5.73 Å². The monoisotopic (exact) mass is 220 g/mol. The van der Waals surface area contributed by atoms with Crippen LogP contribution in [0.5, 0.6) is 0 Å². The first-order valence-electron chi connectivity index (χ1n) is 5.94. The molecule has 16 heavy (non-hydrogen) atoms. The number of nitrogens with zero attached hydrogens (tertiary/aromatic N) is 3. The van der Waals surface area contributed by atoms with Gasteiger partial charge in [-0.1, -0.05) is 13.8 Å². The molecular formula is C12H20N4. The molecule has 2 rings (SSSR count). The van der Waals surface area contributed by atoms with E-state index in [-0.39, 0.29) is 0 Å². The molecule has 2 N–H and O–H groups in total. The largest absolute Gasteiger partial charge is 0.382 e. The lowest BCUT2D eigenvalue weighted by molar-refractivity contribution is 0.131. The summed E-state index contributed by atoms with van der Waals surface area (Å²) in [5.41, 5.74) is 6.52. The van der Waals surface area contributed by atoms with E-state index in [9.17, 15) is 0 Å². The standard InChI is InChI=1S/C12H20N4/c1-9-3-4-16(7-10(9)2)8-11-5-15-12(13)6-14-11/h5-6,9-10H,3-4,7-8H2,1-2H3,(H2,13,15). The highest BCUT2D eigenvalue weighted by Crippen LogP contribution is 2.23. The molecule has 2 atom stereocenters. The Morgan fingerprint density at radius 3 is 2.75 bits per heavy atom. The van der Waals surface area contributed by atoms with Crippen LogP contribution in [0, 0.1) is 11.8 Å². The van der Waals surface area contributed by atoms with Crippen molar-refractivity contribution in [2.24, 2.45) is 11.8 Å². The Labute approximate surface area is 96.9 Å². The number of likely N-dealkylation sites (tertiary alicyclic amines) is 1. The van der Waals surface area contributed by atoms with Crippen LogP contribution in [0.15, 0.2) is 12.4 Å². The number of anilines is 1. The Balaban J connectivity index is 1.93. The van der Waals surface area contributed by atoms with Gasteiger partial charge in [-0.25, -0.2) is 4.98 Å². The molecule has 2 heterocycles. The molecule has 0 spiro atoms. The van der Waals surface area contributed by atoms with Crippen LogP contribution in [0.1, 0.15) is 26.0 Å². The first kappa shape index (κ1) is 11.3. The van der Waals surface area contributed by atoms with Gasteiger partial charge >= 0.3 is 0 Å². The zero-order valence-corrected chi connectivity index (χ0v) is 10.1. The van der Waals surface area contributed by atoms with E-state index < -0.39 is 0 Å². The molecule has 0 aromatic carbocycles. The molecule has 1 aliphatic heterocycles. The maximum atomic E-state index is 5.51. The van der Waals surface area contributed by atoms with Crippen molar-refractivity contribution >= 4 is 5.82 Å². The first-order chi connectivity index (χ1) is 7.65. The normalized spacial score (nSPS) is 26.9. The van der Waals surface area contributed by atoms with E-state index in [0.29, 0.717) is 5.82 Å². The van der Waals surface area contributed by atoms with Crippen molar-refractivity contribution in [1.82, 2.24) is 14.9 Å². The fourth-order valence-corrected chi connectivity index (χ4v) is 2.17. The molecule has 1 aromatic rings. The summed E-state index contributed by atoms with van der Waals surface area (Å²) < 4.78 is 0. The molecule has 0 saturated carbocycles. The van der Waals surface area contributed by atoms with Crippen LogP contribution in [0.25, 0.3) is 0 Å². The van der Waals surface area contributed by atoms with Crippen LogP contribution in [0.2, 0.25) is 0 Å².